The van der Waals surface area contributed by atoms with Gasteiger partial charge in [0.2, 0.25) is 0 Å². The van der Waals surface area contributed by atoms with E-state index < -0.39 is 0 Å². The molecule has 0 unspecified atom stereocenters. The van der Waals surface area contributed by atoms with Crippen LogP contribution >= 0.6 is 0 Å². The zero-order valence-corrected chi connectivity index (χ0v) is 14.9. The van der Waals surface area contributed by atoms with Gasteiger partial charge in [-0.15, -0.1) is 0 Å². The van der Waals surface area contributed by atoms with Gasteiger partial charge in [0, 0.05) is 17.4 Å². The highest BCUT2D eigenvalue weighted by Crippen LogP contribution is 2.26. The summed E-state index contributed by atoms with van der Waals surface area (Å²) in [6.45, 7) is 2.68. The molecule has 0 bridgehead atoms. The van der Waals surface area contributed by atoms with E-state index in [1.165, 1.54) is 12.1 Å². The molecule has 0 atom stereocenters. The number of halogens is 1. The second kappa shape index (κ2) is 8.48. The molecule has 4 heteroatoms. The molecule has 1 aromatic heterocycles. The summed E-state index contributed by atoms with van der Waals surface area (Å²) in [4.78, 5) is 4.29. The molecule has 0 aliphatic heterocycles. The minimum atomic E-state index is -0.207. The molecule has 0 saturated heterocycles. The molecule has 0 saturated carbocycles. The number of pyridine rings is 1. The smallest absolute Gasteiger partial charge is 0.138 e. The van der Waals surface area contributed by atoms with Gasteiger partial charge in [-0.2, -0.15) is 0 Å². The Labute approximate surface area is 153 Å². The zero-order valence-electron chi connectivity index (χ0n) is 14.9. The molecule has 0 aliphatic carbocycles. The van der Waals surface area contributed by atoms with Crippen molar-refractivity contribution in [2.75, 3.05) is 12.3 Å². The first kappa shape index (κ1) is 17.9. The minimum Gasteiger partial charge on any atom is -0.492 e. The van der Waals surface area contributed by atoms with Crippen molar-refractivity contribution >= 4 is 5.69 Å². The normalized spacial score (nSPS) is 10.7. The predicted octanol–water partition coefficient (Wildman–Crippen LogP) is 5.04. The Morgan fingerprint density at radius 2 is 1.81 bits per heavy atom. The monoisotopic (exact) mass is 350 g/mol. The van der Waals surface area contributed by atoms with Crippen LogP contribution in [0.3, 0.4) is 0 Å². The van der Waals surface area contributed by atoms with Crippen LogP contribution in [0.5, 0.6) is 5.75 Å². The highest BCUT2D eigenvalue weighted by atomic mass is 19.1. The van der Waals surface area contributed by atoms with Gasteiger partial charge in [-0.05, 0) is 66.3 Å². The second-order valence-corrected chi connectivity index (χ2v) is 6.25. The predicted molar refractivity (Wildman–Crippen MR) is 104 cm³/mol. The van der Waals surface area contributed by atoms with E-state index in [4.69, 9.17) is 10.5 Å². The molecule has 0 fully saturated rings. The Hall–Kier alpha value is -2.88. The van der Waals surface area contributed by atoms with E-state index in [2.05, 4.69) is 18.0 Å². The van der Waals surface area contributed by atoms with Crippen molar-refractivity contribution in [3.63, 3.8) is 0 Å². The third-order valence-corrected chi connectivity index (χ3v) is 4.36. The average molecular weight is 350 g/mol. The fraction of sp³-hybridized carbons (Fsp3) is 0.227. The number of rotatable bonds is 7. The molecule has 26 heavy (non-hydrogen) atoms. The van der Waals surface area contributed by atoms with Crippen LogP contribution in [0.2, 0.25) is 0 Å². The highest BCUT2D eigenvalue weighted by Gasteiger charge is 2.05. The van der Waals surface area contributed by atoms with Crippen LogP contribution in [0.4, 0.5) is 10.1 Å². The van der Waals surface area contributed by atoms with Crippen molar-refractivity contribution < 1.29 is 9.13 Å². The fourth-order valence-electron chi connectivity index (χ4n) is 2.86. The van der Waals surface area contributed by atoms with E-state index in [0.29, 0.717) is 6.61 Å². The Morgan fingerprint density at radius 1 is 1.00 bits per heavy atom. The van der Waals surface area contributed by atoms with Gasteiger partial charge in [0.05, 0.1) is 12.8 Å². The molecule has 0 aliphatic rings. The van der Waals surface area contributed by atoms with Crippen LogP contribution in [0.15, 0.2) is 60.9 Å². The minimum absolute atomic E-state index is 0.207. The lowest BCUT2D eigenvalue weighted by molar-refractivity contribution is 0.310. The second-order valence-electron chi connectivity index (χ2n) is 6.25. The summed E-state index contributed by atoms with van der Waals surface area (Å²) in [5, 5.41) is 0. The standard InChI is InChI=1S/C22H23FN2O/c1-2-17-12-18(7-10-22(17)24)19-13-21(15-25-14-19)26-11-3-4-16-5-8-20(23)9-6-16/h5-10,12-15H,2-4,11,24H2,1H3. The fourth-order valence-corrected chi connectivity index (χ4v) is 2.86. The average Bonchev–Trinajstić information content (AvgIpc) is 2.67. The molecule has 0 amide bonds. The van der Waals surface area contributed by atoms with Crippen molar-refractivity contribution in [3.8, 4) is 16.9 Å². The van der Waals surface area contributed by atoms with Gasteiger partial charge < -0.3 is 10.5 Å². The van der Waals surface area contributed by atoms with Gasteiger partial charge in [-0.25, -0.2) is 4.39 Å². The molecule has 3 aromatic rings. The summed E-state index contributed by atoms with van der Waals surface area (Å²) >= 11 is 0. The van der Waals surface area contributed by atoms with Crippen molar-refractivity contribution in [1.82, 2.24) is 4.98 Å². The number of hydrogen-bond acceptors (Lipinski definition) is 3. The Morgan fingerprint density at radius 3 is 2.58 bits per heavy atom. The SMILES string of the molecule is CCc1cc(-c2cncc(OCCCc3ccc(F)cc3)c2)ccc1N. The van der Waals surface area contributed by atoms with Crippen LogP contribution in [0, 0.1) is 5.82 Å². The third-order valence-electron chi connectivity index (χ3n) is 4.36. The van der Waals surface area contributed by atoms with Crippen molar-refractivity contribution in [3.05, 3.63) is 77.9 Å². The number of nitrogens with two attached hydrogens (primary N) is 1. The van der Waals surface area contributed by atoms with E-state index in [9.17, 15) is 4.39 Å². The van der Waals surface area contributed by atoms with Crippen molar-refractivity contribution in [2.24, 2.45) is 0 Å². The number of anilines is 1. The maximum atomic E-state index is 12.9. The third kappa shape index (κ3) is 4.60. The first-order chi connectivity index (χ1) is 12.7. The topological polar surface area (TPSA) is 48.1 Å². The Kier molecular flexibility index (Phi) is 5.84. The van der Waals surface area contributed by atoms with Gasteiger partial charge in [0.1, 0.15) is 11.6 Å². The lowest BCUT2D eigenvalue weighted by Gasteiger charge is -2.10. The van der Waals surface area contributed by atoms with Crippen LogP contribution in [0.25, 0.3) is 11.1 Å². The summed E-state index contributed by atoms with van der Waals surface area (Å²) in [5.41, 5.74) is 11.1. The highest BCUT2D eigenvalue weighted by molar-refractivity contribution is 5.68. The van der Waals surface area contributed by atoms with Crippen LogP contribution in [-0.2, 0) is 12.8 Å². The number of ether oxygens (including phenoxy) is 1. The molecule has 3 nitrogen and oxygen atoms in total. The molecule has 0 spiro atoms. The van der Waals surface area contributed by atoms with Crippen LogP contribution in [-0.4, -0.2) is 11.6 Å². The van der Waals surface area contributed by atoms with Gasteiger partial charge in [-0.3, -0.25) is 4.98 Å². The first-order valence-corrected chi connectivity index (χ1v) is 8.87. The van der Waals surface area contributed by atoms with Gasteiger partial charge in [0.15, 0.2) is 0 Å². The summed E-state index contributed by atoms with van der Waals surface area (Å²) in [6.07, 6.45) is 6.16. The van der Waals surface area contributed by atoms with Crippen LogP contribution in [0.1, 0.15) is 24.5 Å². The van der Waals surface area contributed by atoms with E-state index in [1.54, 1.807) is 6.20 Å². The van der Waals surface area contributed by atoms with Gasteiger partial charge in [-0.1, -0.05) is 25.1 Å². The molecule has 2 aromatic carbocycles. The molecule has 1 heterocycles. The Balaban J connectivity index is 1.59. The van der Waals surface area contributed by atoms with E-state index >= 15 is 0 Å². The number of nitrogens with zero attached hydrogens (tertiary/aromatic N) is 1. The molecule has 134 valence electrons. The number of benzene rings is 2. The number of hydrogen-bond donors (Lipinski definition) is 1. The molecule has 3 rings (SSSR count). The number of nitrogen functional groups attached to an aromatic ring is 1. The summed E-state index contributed by atoms with van der Waals surface area (Å²) in [5.74, 6) is 0.540. The van der Waals surface area contributed by atoms with Gasteiger partial charge >= 0.3 is 0 Å². The summed E-state index contributed by atoms with van der Waals surface area (Å²) < 4.78 is 18.7. The van der Waals surface area contributed by atoms with Crippen molar-refractivity contribution in [1.29, 1.82) is 0 Å². The zero-order chi connectivity index (χ0) is 18.4. The molecule has 0 radical (unpaired) electrons. The lowest BCUT2D eigenvalue weighted by Crippen LogP contribution is -2.00. The molecule has 2 N–H and O–H groups in total. The van der Waals surface area contributed by atoms with E-state index in [0.717, 1.165) is 53.0 Å². The number of aryl methyl sites for hydroxylation is 2. The quantitative estimate of drug-likeness (QED) is 0.479. The van der Waals surface area contributed by atoms with E-state index in [-0.39, 0.29) is 5.82 Å². The molecular weight excluding hydrogens is 327 g/mol. The van der Waals surface area contributed by atoms with Crippen molar-refractivity contribution in [2.45, 2.75) is 26.2 Å². The maximum Gasteiger partial charge on any atom is 0.138 e. The summed E-state index contributed by atoms with van der Waals surface area (Å²) in [7, 11) is 0. The first-order valence-electron chi connectivity index (χ1n) is 8.87. The van der Waals surface area contributed by atoms with Gasteiger partial charge in [0.25, 0.3) is 0 Å². The number of aromatic nitrogens is 1. The van der Waals surface area contributed by atoms with E-state index in [1.807, 2.05) is 36.5 Å². The largest absolute Gasteiger partial charge is 0.492 e. The molecular formula is C22H23FN2O. The van der Waals surface area contributed by atoms with Crippen LogP contribution < -0.4 is 10.5 Å². The lowest BCUT2D eigenvalue weighted by atomic mass is 10.0. The Bertz CT molecular complexity index is 862. The maximum absolute atomic E-state index is 12.9. The summed E-state index contributed by atoms with van der Waals surface area (Å²) in [6, 6.07) is 14.6.